The molecule has 2 aromatic heterocycles. The zero-order valence-electron chi connectivity index (χ0n) is 15.4. The molecule has 0 unspecified atom stereocenters. The Balaban J connectivity index is 2.34. The maximum atomic E-state index is 5.77. The Labute approximate surface area is 144 Å². The zero-order chi connectivity index (χ0) is 17.5. The van der Waals surface area contributed by atoms with E-state index in [0.717, 1.165) is 11.5 Å². The Morgan fingerprint density at radius 3 is 2.33 bits per heavy atom. The van der Waals surface area contributed by atoms with E-state index in [1.165, 1.54) is 22.5 Å². The van der Waals surface area contributed by atoms with E-state index < -0.39 is 0 Å². The van der Waals surface area contributed by atoms with E-state index in [2.05, 4.69) is 75.7 Å². The van der Waals surface area contributed by atoms with Crippen molar-refractivity contribution in [2.24, 2.45) is 7.05 Å². The molecular formula is C21H26N2O+2. The van der Waals surface area contributed by atoms with Crippen LogP contribution in [0.4, 0.5) is 0 Å². The number of benzene rings is 1. The van der Waals surface area contributed by atoms with E-state index in [1.807, 2.05) is 17.8 Å². The fourth-order valence-corrected chi connectivity index (χ4v) is 2.99. The topological polar surface area (TPSA) is 20.9 Å². The van der Waals surface area contributed by atoms with E-state index in [1.54, 1.807) is 6.26 Å². The minimum Gasteiger partial charge on any atom is -0.406 e. The van der Waals surface area contributed by atoms with Crippen molar-refractivity contribution in [1.82, 2.24) is 0 Å². The summed E-state index contributed by atoms with van der Waals surface area (Å²) in [7, 11) is 2.02. The van der Waals surface area contributed by atoms with Gasteiger partial charge in [-0.2, -0.15) is 9.13 Å². The molecule has 0 saturated carbocycles. The Kier molecular flexibility index (Phi) is 4.04. The van der Waals surface area contributed by atoms with E-state index in [0.29, 0.717) is 0 Å². The van der Waals surface area contributed by atoms with Crippen molar-refractivity contribution in [3.05, 3.63) is 65.8 Å². The molecule has 24 heavy (non-hydrogen) atoms. The summed E-state index contributed by atoms with van der Waals surface area (Å²) >= 11 is 0. The Bertz CT molecular complexity index is 885. The minimum absolute atomic E-state index is 0.0611. The number of rotatable bonds is 2. The van der Waals surface area contributed by atoms with Crippen molar-refractivity contribution in [2.75, 3.05) is 0 Å². The SMILES string of the molecule is Cc1c(-c2occ[n+]2C)cc(C(C)(C)C)cc1-[n+]1ccccc1C. The predicted octanol–water partition coefficient (Wildman–Crippen LogP) is 3.96. The predicted molar refractivity (Wildman–Crippen MR) is 95.0 cm³/mol. The van der Waals surface area contributed by atoms with Crippen LogP contribution in [0.3, 0.4) is 0 Å². The van der Waals surface area contributed by atoms with Crippen molar-refractivity contribution >= 4 is 0 Å². The minimum atomic E-state index is 0.0611. The molecule has 0 aliphatic carbocycles. The van der Waals surface area contributed by atoms with Crippen molar-refractivity contribution in [2.45, 2.75) is 40.0 Å². The van der Waals surface area contributed by atoms with Crippen LogP contribution in [0.25, 0.3) is 17.1 Å². The van der Waals surface area contributed by atoms with Crippen LogP contribution in [0.15, 0.2) is 53.4 Å². The lowest BCUT2D eigenvalue weighted by atomic mass is 9.84. The molecule has 3 nitrogen and oxygen atoms in total. The Morgan fingerprint density at radius 2 is 1.75 bits per heavy atom. The number of aryl methyl sites for hydroxylation is 2. The van der Waals surface area contributed by atoms with Crippen LogP contribution in [-0.4, -0.2) is 0 Å². The van der Waals surface area contributed by atoms with Gasteiger partial charge in [0.2, 0.25) is 11.9 Å². The summed E-state index contributed by atoms with van der Waals surface area (Å²) in [6.07, 6.45) is 5.80. The molecule has 1 aromatic carbocycles. The van der Waals surface area contributed by atoms with E-state index in [4.69, 9.17) is 4.42 Å². The van der Waals surface area contributed by atoms with Crippen molar-refractivity contribution < 1.29 is 13.6 Å². The molecule has 3 aromatic rings. The van der Waals surface area contributed by atoms with Gasteiger partial charge in [-0.15, -0.1) is 0 Å². The molecule has 0 N–H and O–H groups in total. The van der Waals surface area contributed by atoms with Gasteiger partial charge in [-0.05, 0) is 24.0 Å². The van der Waals surface area contributed by atoms with Gasteiger partial charge in [0.15, 0.2) is 18.2 Å². The van der Waals surface area contributed by atoms with Crippen molar-refractivity contribution in [3.63, 3.8) is 0 Å². The maximum Gasteiger partial charge on any atom is 0.380 e. The van der Waals surface area contributed by atoms with Gasteiger partial charge in [0.25, 0.3) is 0 Å². The molecule has 3 rings (SSSR count). The second kappa shape index (κ2) is 5.90. The normalized spacial score (nSPS) is 11.8. The molecule has 0 atom stereocenters. The number of pyridine rings is 1. The lowest BCUT2D eigenvalue weighted by molar-refractivity contribution is -0.662. The summed E-state index contributed by atoms with van der Waals surface area (Å²) in [6.45, 7) is 11.0. The van der Waals surface area contributed by atoms with Crippen LogP contribution >= 0.6 is 0 Å². The second-order valence-electron chi connectivity index (χ2n) is 7.45. The van der Waals surface area contributed by atoms with Crippen LogP contribution < -0.4 is 9.13 Å². The molecule has 0 spiro atoms. The van der Waals surface area contributed by atoms with Crippen LogP contribution in [0.2, 0.25) is 0 Å². The number of hydrogen-bond donors (Lipinski definition) is 0. The van der Waals surface area contributed by atoms with E-state index in [-0.39, 0.29) is 5.41 Å². The van der Waals surface area contributed by atoms with Crippen LogP contribution in [0.5, 0.6) is 0 Å². The largest absolute Gasteiger partial charge is 0.406 e. The number of hydrogen-bond acceptors (Lipinski definition) is 1. The fraction of sp³-hybridized carbons (Fsp3) is 0.333. The molecule has 0 bridgehead atoms. The fourth-order valence-electron chi connectivity index (χ4n) is 2.99. The van der Waals surface area contributed by atoms with Gasteiger partial charge in [0.05, 0.1) is 5.56 Å². The molecule has 0 fully saturated rings. The highest BCUT2D eigenvalue weighted by Crippen LogP contribution is 2.31. The third kappa shape index (κ3) is 2.86. The summed E-state index contributed by atoms with van der Waals surface area (Å²) < 4.78 is 10.0. The molecule has 0 aliphatic rings. The molecule has 124 valence electrons. The Hall–Kier alpha value is -2.42. The zero-order valence-corrected chi connectivity index (χ0v) is 15.4. The summed E-state index contributed by atoms with van der Waals surface area (Å²) in [6, 6.07) is 10.8. The molecule has 2 heterocycles. The first-order valence-corrected chi connectivity index (χ1v) is 8.35. The van der Waals surface area contributed by atoms with E-state index in [9.17, 15) is 0 Å². The first-order valence-electron chi connectivity index (χ1n) is 8.35. The van der Waals surface area contributed by atoms with Gasteiger partial charge in [0, 0.05) is 30.7 Å². The van der Waals surface area contributed by atoms with Gasteiger partial charge < -0.3 is 4.42 Å². The Morgan fingerprint density at radius 1 is 1.00 bits per heavy atom. The third-order valence-corrected chi connectivity index (χ3v) is 4.58. The molecular weight excluding hydrogens is 296 g/mol. The lowest BCUT2D eigenvalue weighted by Gasteiger charge is -2.20. The van der Waals surface area contributed by atoms with Gasteiger partial charge >= 0.3 is 5.89 Å². The van der Waals surface area contributed by atoms with Gasteiger partial charge in [-0.25, -0.2) is 0 Å². The van der Waals surface area contributed by atoms with Crippen LogP contribution in [0.1, 0.15) is 37.6 Å². The number of oxazole rings is 1. The number of nitrogens with zero attached hydrogens (tertiary/aromatic N) is 2. The second-order valence-corrected chi connectivity index (χ2v) is 7.45. The third-order valence-electron chi connectivity index (χ3n) is 4.58. The van der Waals surface area contributed by atoms with Gasteiger partial charge in [0.1, 0.15) is 7.05 Å². The summed E-state index contributed by atoms with van der Waals surface area (Å²) in [5.41, 5.74) is 6.12. The monoisotopic (exact) mass is 322 g/mol. The highest BCUT2D eigenvalue weighted by atomic mass is 16.3. The average molecular weight is 322 g/mol. The van der Waals surface area contributed by atoms with E-state index >= 15 is 0 Å². The highest BCUT2D eigenvalue weighted by molar-refractivity contribution is 5.63. The summed E-state index contributed by atoms with van der Waals surface area (Å²) in [4.78, 5) is 0. The smallest absolute Gasteiger partial charge is 0.380 e. The lowest BCUT2D eigenvalue weighted by Crippen LogP contribution is -2.35. The van der Waals surface area contributed by atoms with Crippen LogP contribution in [-0.2, 0) is 12.5 Å². The summed E-state index contributed by atoms with van der Waals surface area (Å²) in [5, 5.41) is 0. The molecule has 3 heteroatoms. The molecule has 0 amide bonds. The van der Waals surface area contributed by atoms with Crippen molar-refractivity contribution in [3.8, 4) is 17.1 Å². The molecule has 0 radical (unpaired) electrons. The first kappa shape index (κ1) is 16.4. The number of aromatic nitrogens is 2. The quantitative estimate of drug-likeness (QED) is 0.654. The standard InChI is InChI=1S/C21H26N2O/c1-15-9-7-8-10-23(15)19-14-17(21(3,4)5)13-18(16(19)2)20-22(6)11-12-24-20/h7-14H,1-6H3/q+2. The first-order chi connectivity index (χ1) is 11.3. The average Bonchev–Trinajstić information content (AvgIpc) is 2.93. The van der Waals surface area contributed by atoms with Gasteiger partial charge in [-0.3, -0.25) is 0 Å². The van der Waals surface area contributed by atoms with Gasteiger partial charge in [-0.1, -0.05) is 26.8 Å². The maximum absolute atomic E-state index is 5.77. The van der Waals surface area contributed by atoms with Crippen molar-refractivity contribution in [1.29, 1.82) is 0 Å². The highest BCUT2D eigenvalue weighted by Gasteiger charge is 2.27. The molecule has 0 aliphatic heterocycles. The van der Waals surface area contributed by atoms with Crippen LogP contribution in [0, 0.1) is 13.8 Å². The summed E-state index contributed by atoms with van der Waals surface area (Å²) in [5.74, 6) is 0.883. The molecule has 0 saturated heterocycles.